The average molecular weight is 495 g/mol. The molecule has 0 saturated carbocycles. The number of carbonyl (C=O) groups is 2. The lowest BCUT2D eigenvalue weighted by Gasteiger charge is -2.20. The van der Waals surface area contributed by atoms with Crippen molar-refractivity contribution in [2.75, 3.05) is 27.4 Å². The van der Waals surface area contributed by atoms with Crippen LogP contribution in [0.3, 0.4) is 0 Å². The minimum absolute atomic E-state index is 0.0104. The molecule has 0 spiro atoms. The Morgan fingerprint density at radius 3 is 2.29 bits per heavy atom. The number of benzene rings is 1. The van der Waals surface area contributed by atoms with Gasteiger partial charge in [0.1, 0.15) is 11.8 Å². The summed E-state index contributed by atoms with van der Waals surface area (Å²) in [6.07, 6.45) is 0.805. The van der Waals surface area contributed by atoms with Gasteiger partial charge in [-0.2, -0.15) is 4.72 Å². The molecule has 0 bridgehead atoms. The minimum Gasteiger partial charge on any atom is -0.497 e. The van der Waals surface area contributed by atoms with E-state index in [4.69, 9.17) is 14.2 Å². The quantitative estimate of drug-likeness (QED) is 0.259. The van der Waals surface area contributed by atoms with Crippen molar-refractivity contribution < 1.29 is 32.2 Å². The molecule has 10 heteroatoms. The number of nitrogens with zero attached hydrogens (tertiary/aromatic N) is 1. The van der Waals surface area contributed by atoms with Crippen LogP contribution in [-0.2, 0) is 30.8 Å². The van der Waals surface area contributed by atoms with Crippen molar-refractivity contribution >= 4 is 21.8 Å². The highest BCUT2D eigenvalue weighted by molar-refractivity contribution is 7.89. The first-order chi connectivity index (χ1) is 16.0. The number of methoxy groups -OCH3 is 2. The van der Waals surface area contributed by atoms with Gasteiger partial charge in [-0.3, -0.25) is 9.59 Å². The summed E-state index contributed by atoms with van der Waals surface area (Å²) in [6, 6.07) is 6.42. The summed E-state index contributed by atoms with van der Waals surface area (Å²) in [5, 5.41) is 0. The number of hydrogen-bond acceptors (Lipinski definition) is 7. The number of carbonyl (C=O) groups excluding carboxylic acids is 2. The van der Waals surface area contributed by atoms with Crippen LogP contribution in [0, 0.1) is 19.8 Å². The Bertz CT molecular complexity index is 1090. The third-order valence-electron chi connectivity index (χ3n) is 5.52. The molecule has 0 unspecified atom stereocenters. The van der Waals surface area contributed by atoms with E-state index in [0.29, 0.717) is 24.5 Å². The summed E-state index contributed by atoms with van der Waals surface area (Å²) >= 11 is 0. The predicted molar refractivity (Wildman–Crippen MR) is 128 cm³/mol. The van der Waals surface area contributed by atoms with Gasteiger partial charge in [0.25, 0.3) is 0 Å². The second-order valence-corrected chi connectivity index (χ2v) is 10.0. The molecule has 0 aliphatic rings. The van der Waals surface area contributed by atoms with Crippen molar-refractivity contribution in [2.45, 2.75) is 51.6 Å². The summed E-state index contributed by atoms with van der Waals surface area (Å²) < 4.78 is 45.3. The Balaban J connectivity index is 2.07. The molecule has 188 valence electrons. The highest BCUT2D eigenvalue weighted by Gasteiger charge is 2.30. The lowest BCUT2D eigenvalue weighted by molar-refractivity contribution is -0.145. The van der Waals surface area contributed by atoms with E-state index in [1.165, 1.54) is 31.4 Å². The fourth-order valence-corrected chi connectivity index (χ4v) is 4.88. The fraction of sp³-hybridized carbons (Fsp3) is 0.500. The van der Waals surface area contributed by atoms with Crippen LogP contribution in [0.25, 0.3) is 0 Å². The maximum absolute atomic E-state index is 12.8. The number of aromatic nitrogens is 1. The van der Waals surface area contributed by atoms with Gasteiger partial charge in [-0.15, -0.1) is 0 Å². The molecule has 1 atom stereocenters. The maximum atomic E-state index is 12.8. The van der Waals surface area contributed by atoms with Gasteiger partial charge in [0, 0.05) is 37.2 Å². The second kappa shape index (κ2) is 12.1. The molecule has 0 aliphatic carbocycles. The third kappa shape index (κ3) is 6.91. The maximum Gasteiger partial charge on any atom is 0.324 e. The highest BCUT2D eigenvalue weighted by Crippen LogP contribution is 2.19. The first kappa shape index (κ1) is 27.6. The monoisotopic (exact) mass is 494 g/mol. The van der Waals surface area contributed by atoms with E-state index in [2.05, 4.69) is 4.72 Å². The Hall–Kier alpha value is -2.69. The van der Waals surface area contributed by atoms with Crippen LogP contribution in [0.15, 0.2) is 35.2 Å². The van der Waals surface area contributed by atoms with Crippen LogP contribution >= 0.6 is 0 Å². The SMILES string of the molecule is COCCCn1c(C)cc(C(=O)COC(=O)[C@@H](NS(=O)(=O)c2ccc(OC)cc2)C(C)C)c1C. The van der Waals surface area contributed by atoms with E-state index in [1.54, 1.807) is 27.0 Å². The molecule has 0 aliphatic heterocycles. The van der Waals surface area contributed by atoms with Gasteiger partial charge in [0.15, 0.2) is 6.61 Å². The lowest BCUT2D eigenvalue weighted by atomic mass is 10.1. The third-order valence-corrected chi connectivity index (χ3v) is 6.98. The van der Waals surface area contributed by atoms with Crippen LogP contribution in [-0.4, -0.2) is 58.2 Å². The fourth-order valence-electron chi connectivity index (χ4n) is 3.55. The van der Waals surface area contributed by atoms with Gasteiger partial charge in [0.2, 0.25) is 15.8 Å². The van der Waals surface area contributed by atoms with Crippen molar-refractivity contribution in [1.82, 2.24) is 9.29 Å². The van der Waals surface area contributed by atoms with Crippen LogP contribution < -0.4 is 9.46 Å². The van der Waals surface area contributed by atoms with E-state index < -0.39 is 34.6 Å². The predicted octanol–water partition coefficient (Wildman–Crippen LogP) is 2.88. The molecule has 0 amide bonds. The standard InChI is InChI=1S/C24H34N2O7S/c1-16(2)23(25-34(29,30)20-10-8-19(32-6)9-11-20)24(28)33-15-22(27)21-14-17(3)26(18(21)4)12-7-13-31-5/h8-11,14,16,23,25H,7,12-13,15H2,1-6H3/t23-/m0/s1. The summed E-state index contributed by atoms with van der Waals surface area (Å²) in [5.41, 5.74) is 2.19. The first-order valence-corrected chi connectivity index (χ1v) is 12.5. The molecule has 2 aromatic rings. The number of sulfonamides is 1. The average Bonchev–Trinajstić information content (AvgIpc) is 3.09. The topological polar surface area (TPSA) is 113 Å². The largest absolute Gasteiger partial charge is 0.497 e. The molecule has 1 aromatic heterocycles. The Kier molecular flexibility index (Phi) is 9.84. The molecule has 9 nitrogen and oxygen atoms in total. The molecule has 1 aromatic carbocycles. The molecular weight excluding hydrogens is 460 g/mol. The molecule has 1 heterocycles. The van der Waals surface area contributed by atoms with Gasteiger partial charge in [0.05, 0.1) is 12.0 Å². The highest BCUT2D eigenvalue weighted by atomic mass is 32.2. The Labute approximate surface area is 201 Å². The number of ether oxygens (including phenoxy) is 3. The summed E-state index contributed by atoms with van der Waals surface area (Å²) in [5.74, 6) is -1.05. The van der Waals surface area contributed by atoms with Crippen molar-refractivity contribution in [3.63, 3.8) is 0 Å². The van der Waals surface area contributed by atoms with Crippen LogP contribution in [0.1, 0.15) is 42.0 Å². The Morgan fingerprint density at radius 1 is 1.09 bits per heavy atom. The van der Waals surface area contributed by atoms with Gasteiger partial charge in [-0.1, -0.05) is 13.8 Å². The minimum atomic E-state index is -3.99. The Morgan fingerprint density at radius 2 is 1.74 bits per heavy atom. The van der Waals surface area contributed by atoms with Gasteiger partial charge in [-0.05, 0) is 56.5 Å². The number of aryl methyl sites for hydroxylation is 1. The number of nitrogens with one attached hydrogen (secondary N) is 1. The van der Waals surface area contributed by atoms with E-state index in [1.807, 2.05) is 18.4 Å². The van der Waals surface area contributed by atoms with Crippen molar-refractivity contribution in [3.8, 4) is 5.75 Å². The number of rotatable bonds is 13. The molecule has 2 rings (SSSR count). The van der Waals surface area contributed by atoms with Crippen molar-refractivity contribution in [3.05, 3.63) is 47.3 Å². The summed E-state index contributed by atoms with van der Waals surface area (Å²) in [6.45, 7) is 7.98. The number of esters is 1. The van der Waals surface area contributed by atoms with E-state index in [9.17, 15) is 18.0 Å². The number of ketones is 1. The number of hydrogen-bond donors (Lipinski definition) is 1. The molecule has 0 saturated heterocycles. The summed E-state index contributed by atoms with van der Waals surface area (Å²) in [4.78, 5) is 25.5. The molecule has 34 heavy (non-hydrogen) atoms. The van der Waals surface area contributed by atoms with E-state index >= 15 is 0 Å². The lowest BCUT2D eigenvalue weighted by Crippen LogP contribution is -2.45. The van der Waals surface area contributed by atoms with Crippen molar-refractivity contribution in [1.29, 1.82) is 0 Å². The zero-order valence-electron chi connectivity index (χ0n) is 20.6. The van der Waals surface area contributed by atoms with Gasteiger partial charge < -0.3 is 18.8 Å². The zero-order chi connectivity index (χ0) is 25.5. The zero-order valence-corrected chi connectivity index (χ0v) is 21.4. The molecule has 0 radical (unpaired) electrons. The normalized spacial score (nSPS) is 12.6. The van der Waals surface area contributed by atoms with Crippen LogP contribution in [0.2, 0.25) is 0 Å². The summed E-state index contributed by atoms with van der Waals surface area (Å²) in [7, 11) is -0.872. The van der Waals surface area contributed by atoms with E-state index in [-0.39, 0.29) is 10.7 Å². The molecule has 1 N–H and O–H groups in total. The van der Waals surface area contributed by atoms with Gasteiger partial charge in [-0.25, -0.2) is 8.42 Å². The van der Waals surface area contributed by atoms with Crippen molar-refractivity contribution in [2.24, 2.45) is 5.92 Å². The smallest absolute Gasteiger partial charge is 0.324 e. The van der Waals surface area contributed by atoms with E-state index in [0.717, 1.165) is 17.8 Å². The molecule has 0 fully saturated rings. The first-order valence-electron chi connectivity index (χ1n) is 11.0. The second-order valence-electron chi connectivity index (χ2n) is 8.33. The number of Topliss-reactive ketones (excluding diaryl/α,β-unsaturated/α-hetero) is 1. The van der Waals surface area contributed by atoms with Gasteiger partial charge >= 0.3 is 5.97 Å². The van der Waals surface area contributed by atoms with Crippen LogP contribution in [0.4, 0.5) is 0 Å². The van der Waals surface area contributed by atoms with Crippen LogP contribution in [0.5, 0.6) is 5.75 Å². The molecular formula is C24H34N2O7S.